The molecular weight excluding hydrogens is 288 g/mol. The van der Waals surface area contributed by atoms with Gasteiger partial charge in [0.15, 0.2) is 0 Å². The molecule has 6 nitrogen and oxygen atoms in total. The molecule has 3 heterocycles. The summed E-state index contributed by atoms with van der Waals surface area (Å²) in [6.07, 6.45) is 1.74. The summed E-state index contributed by atoms with van der Waals surface area (Å²) >= 11 is 1.70. The van der Waals surface area contributed by atoms with Gasteiger partial charge in [0.1, 0.15) is 17.0 Å². The molecule has 7 heteroatoms. The summed E-state index contributed by atoms with van der Waals surface area (Å²) in [4.78, 5) is 25.8. The summed E-state index contributed by atoms with van der Waals surface area (Å²) in [6.45, 7) is 5.85. The van der Waals surface area contributed by atoms with E-state index in [0.717, 1.165) is 22.5 Å². The van der Waals surface area contributed by atoms with Crippen molar-refractivity contribution in [2.45, 2.75) is 26.3 Å². The van der Waals surface area contributed by atoms with Crippen LogP contribution in [0.3, 0.4) is 0 Å². The van der Waals surface area contributed by atoms with E-state index in [1.54, 1.807) is 17.7 Å². The van der Waals surface area contributed by atoms with Gasteiger partial charge in [0.25, 0.3) is 0 Å². The number of hydrogen-bond acceptors (Lipinski definition) is 5. The zero-order valence-corrected chi connectivity index (χ0v) is 12.9. The van der Waals surface area contributed by atoms with E-state index in [0.29, 0.717) is 19.6 Å². The zero-order chi connectivity index (χ0) is 15.0. The molecule has 0 radical (unpaired) electrons. The standard InChI is InChI=1S/C14H18N4O2S/c1-3-10-6-11-12(15-8-16-13(11)21-10)18-5-4-17(14(19)20)7-9(18)2/h6,8-9H,3-5,7H2,1-2H3,(H,19,20)/t9-/m0/s1. The van der Waals surface area contributed by atoms with Gasteiger partial charge in [-0.15, -0.1) is 11.3 Å². The summed E-state index contributed by atoms with van der Waals surface area (Å²) in [7, 11) is 0. The Bertz CT molecular complexity index is 672. The van der Waals surface area contributed by atoms with Gasteiger partial charge in [0.05, 0.1) is 5.39 Å². The first-order chi connectivity index (χ1) is 10.1. The Morgan fingerprint density at radius 1 is 1.48 bits per heavy atom. The number of carbonyl (C=O) groups is 1. The van der Waals surface area contributed by atoms with Gasteiger partial charge < -0.3 is 14.9 Å². The monoisotopic (exact) mass is 306 g/mol. The molecular formula is C14H18N4O2S. The van der Waals surface area contributed by atoms with Gasteiger partial charge in [-0.05, 0) is 19.4 Å². The minimum atomic E-state index is -0.849. The predicted octanol–water partition coefficient (Wildman–Crippen LogP) is 2.44. The molecule has 0 bridgehead atoms. The predicted molar refractivity (Wildman–Crippen MR) is 83.2 cm³/mol. The van der Waals surface area contributed by atoms with E-state index in [-0.39, 0.29) is 6.04 Å². The maximum Gasteiger partial charge on any atom is 0.407 e. The zero-order valence-electron chi connectivity index (χ0n) is 12.1. The fourth-order valence-electron chi connectivity index (χ4n) is 2.74. The molecule has 2 aromatic heterocycles. The van der Waals surface area contributed by atoms with Crippen molar-refractivity contribution < 1.29 is 9.90 Å². The maximum atomic E-state index is 11.1. The van der Waals surface area contributed by atoms with Crippen LogP contribution in [0, 0.1) is 0 Å². The second kappa shape index (κ2) is 5.48. The van der Waals surface area contributed by atoms with E-state index in [1.165, 1.54) is 9.78 Å². The Kier molecular flexibility index (Phi) is 3.67. The molecule has 1 N–H and O–H groups in total. The lowest BCUT2D eigenvalue weighted by Gasteiger charge is -2.39. The molecule has 0 saturated carbocycles. The molecule has 1 atom stereocenters. The molecule has 21 heavy (non-hydrogen) atoms. The van der Waals surface area contributed by atoms with Crippen LogP contribution in [0.4, 0.5) is 10.6 Å². The number of hydrogen-bond donors (Lipinski definition) is 1. The Labute approximate surface area is 127 Å². The number of piperazine rings is 1. The van der Waals surface area contributed by atoms with E-state index in [1.807, 2.05) is 6.92 Å². The highest BCUT2D eigenvalue weighted by Crippen LogP contribution is 2.32. The molecule has 0 unspecified atom stereocenters. The Morgan fingerprint density at radius 3 is 2.95 bits per heavy atom. The summed E-state index contributed by atoms with van der Waals surface area (Å²) < 4.78 is 0. The van der Waals surface area contributed by atoms with Gasteiger partial charge in [0, 0.05) is 30.6 Å². The van der Waals surface area contributed by atoms with Crippen LogP contribution >= 0.6 is 11.3 Å². The summed E-state index contributed by atoms with van der Waals surface area (Å²) in [5.74, 6) is 0.925. The smallest absolute Gasteiger partial charge is 0.407 e. The molecule has 0 aliphatic carbocycles. The van der Waals surface area contributed by atoms with Gasteiger partial charge in [0.2, 0.25) is 0 Å². The highest BCUT2D eigenvalue weighted by Gasteiger charge is 2.28. The fraction of sp³-hybridized carbons (Fsp3) is 0.500. The molecule has 1 fully saturated rings. The molecule has 1 saturated heterocycles. The number of fused-ring (bicyclic) bond motifs is 1. The summed E-state index contributed by atoms with van der Waals surface area (Å²) in [5, 5.41) is 10.2. The Hall–Kier alpha value is -1.89. The molecule has 1 aliphatic heterocycles. The lowest BCUT2D eigenvalue weighted by molar-refractivity contribution is 0.136. The van der Waals surface area contributed by atoms with Gasteiger partial charge in [-0.25, -0.2) is 14.8 Å². The van der Waals surface area contributed by atoms with Gasteiger partial charge in [-0.3, -0.25) is 0 Å². The van der Waals surface area contributed by atoms with Crippen LogP contribution in [0.1, 0.15) is 18.7 Å². The van der Waals surface area contributed by atoms with E-state index in [4.69, 9.17) is 5.11 Å². The first kappa shape index (κ1) is 14.1. The molecule has 1 amide bonds. The molecule has 0 aromatic carbocycles. The average molecular weight is 306 g/mol. The van der Waals surface area contributed by atoms with Crippen molar-refractivity contribution in [1.82, 2.24) is 14.9 Å². The van der Waals surface area contributed by atoms with Crippen LogP contribution in [-0.4, -0.2) is 51.7 Å². The second-order valence-electron chi connectivity index (χ2n) is 5.25. The fourth-order valence-corrected chi connectivity index (χ4v) is 3.67. The van der Waals surface area contributed by atoms with Crippen molar-refractivity contribution in [3.05, 3.63) is 17.3 Å². The van der Waals surface area contributed by atoms with Crippen LogP contribution < -0.4 is 4.90 Å². The highest BCUT2D eigenvalue weighted by atomic mass is 32.1. The van der Waals surface area contributed by atoms with E-state index in [9.17, 15) is 4.79 Å². The van der Waals surface area contributed by atoms with Crippen LogP contribution in [0.15, 0.2) is 12.4 Å². The normalized spacial score (nSPS) is 19.2. The van der Waals surface area contributed by atoms with Crippen molar-refractivity contribution in [2.24, 2.45) is 0 Å². The van der Waals surface area contributed by atoms with Crippen LogP contribution in [0.2, 0.25) is 0 Å². The van der Waals surface area contributed by atoms with E-state index in [2.05, 4.69) is 27.9 Å². The van der Waals surface area contributed by atoms with Crippen LogP contribution in [0.25, 0.3) is 10.2 Å². The SMILES string of the molecule is CCc1cc2c(N3CCN(C(=O)O)C[C@@H]3C)ncnc2s1. The third kappa shape index (κ3) is 2.53. The number of aromatic nitrogens is 2. The maximum absolute atomic E-state index is 11.1. The molecule has 1 aliphatic rings. The molecule has 2 aromatic rings. The number of aryl methyl sites for hydroxylation is 1. The van der Waals surface area contributed by atoms with Crippen LogP contribution in [-0.2, 0) is 6.42 Å². The van der Waals surface area contributed by atoms with Gasteiger partial charge in [-0.2, -0.15) is 0 Å². The van der Waals surface area contributed by atoms with Crippen molar-refractivity contribution in [1.29, 1.82) is 0 Å². The average Bonchev–Trinajstić information content (AvgIpc) is 2.90. The first-order valence-electron chi connectivity index (χ1n) is 7.08. The summed E-state index contributed by atoms with van der Waals surface area (Å²) in [5.41, 5.74) is 0. The summed E-state index contributed by atoms with van der Waals surface area (Å²) in [6, 6.07) is 2.27. The number of nitrogens with zero attached hydrogens (tertiary/aromatic N) is 4. The van der Waals surface area contributed by atoms with Crippen molar-refractivity contribution >= 4 is 33.5 Å². The molecule has 0 spiro atoms. The van der Waals surface area contributed by atoms with Crippen molar-refractivity contribution in [2.75, 3.05) is 24.5 Å². The second-order valence-corrected chi connectivity index (χ2v) is 6.37. The van der Waals surface area contributed by atoms with Crippen molar-refractivity contribution in [3.8, 4) is 0 Å². The van der Waals surface area contributed by atoms with E-state index < -0.39 is 6.09 Å². The topological polar surface area (TPSA) is 69.6 Å². The third-order valence-electron chi connectivity index (χ3n) is 3.88. The number of anilines is 1. The quantitative estimate of drug-likeness (QED) is 0.923. The van der Waals surface area contributed by atoms with E-state index >= 15 is 0 Å². The molecule has 3 rings (SSSR count). The number of rotatable bonds is 2. The lowest BCUT2D eigenvalue weighted by Crippen LogP contribution is -2.53. The Morgan fingerprint density at radius 2 is 2.29 bits per heavy atom. The largest absolute Gasteiger partial charge is 0.465 e. The number of thiophene rings is 1. The number of amides is 1. The molecule has 112 valence electrons. The number of carboxylic acid groups (broad SMARTS) is 1. The minimum absolute atomic E-state index is 0.109. The van der Waals surface area contributed by atoms with Gasteiger partial charge in [-0.1, -0.05) is 6.92 Å². The Balaban J connectivity index is 1.93. The highest BCUT2D eigenvalue weighted by molar-refractivity contribution is 7.18. The van der Waals surface area contributed by atoms with Crippen LogP contribution in [0.5, 0.6) is 0 Å². The lowest BCUT2D eigenvalue weighted by atomic mass is 10.2. The minimum Gasteiger partial charge on any atom is -0.465 e. The van der Waals surface area contributed by atoms with Crippen molar-refractivity contribution in [3.63, 3.8) is 0 Å². The third-order valence-corrected chi connectivity index (χ3v) is 5.07. The van der Waals surface area contributed by atoms with Gasteiger partial charge >= 0.3 is 6.09 Å². The first-order valence-corrected chi connectivity index (χ1v) is 7.89.